The number of carboxylic acid groups (broad SMARTS) is 1. The molecule has 2 aromatic carbocycles. The molecular weight excluding hydrogens is 461 g/mol. The highest BCUT2D eigenvalue weighted by molar-refractivity contribution is 6.10. The van der Waals surface area contributed by atoms with Crippen molar-refractivity contribution in [1.29, 1.82) is 0 Å². The summed E-state index contributed by atoms with van der Waals surface area (Å²) in [6, 6.07) is 5.70. The van der Waals surface area contributed by atoms with Crippen LogP contribution in [0.25, 0.3) is 11.1 Å². The molecule has 33 heavy (non-hydrogen) atoms. The standard InChI is InChI=1S/C21H11F7N2O3/c22-12-3-1-10(2-4-12)14-7-11(20(23,24)25)8-15(21(26,27)28)17(14)18(31)30-13-5-6-16(19(32)33)29-9-13/h1-9H,(H,30,31)(H,32,33). The van der Waals surface area contributed by atoms with E-state index in [1.54, 1.807) is 0 Å². The van der Waals surface area contributed by atoms with Crippen LogP contribution in [-0.4, -0.2) is 22.0 Å². The Labute approximate surface area is 180 Å². The van der Waals surface area contributed by atoms with Gasteiger partial charge < -0.3 is 10.4 Å². The van der Waals surface area contributed by atoms with E-state index in [0.29, 0.717) is 6.07 Å². The number of hydrogen-bond acceptors (Lipinski definition) is 3. The van der Waals surface area contributed by atoms with Gasteiger partial charge >= 0.3 is 18.3 Å². The van der Waals surface area contributed by atoms with E-state index in [1.807, 2.05) is 0 Å². The van der Waals surface area contributed by atoms with E-state index < -0.39 is 58.0 Å². The van der Waals surface area contributed by atoms with Crippen LogP contribution in [-0.2, 0) is 12.4 Å². The van der Waals surface area contributed by atoms with Gasteiger partial charge in [-0.1, -0.05) is 12.1 Å². The fourth-order valence-corrected chi connectivity index (χ4v) is 2.92. The first-order valence-electron chi connectivity index (χ1n) is 8.86. The number of aromatic carboxylic acids is 1. The molecule has 0 radical (unpaired) electrons. The SMILES string of the molecule is O=C(O)c1ccc(NC(=O)c2c(-c3ccc(F)cc3)cc(C(F)(F)F)cc2C(F)(F)F)cn1. The van der Waals surface area contributed by atoms with Gasteiger partial charge in [0.15, 0.2) is 0 Å². The normalized spacial score (nSPS) is 11.8. The molecule has 0 aliphatic rings. The maximum Gasteiger partial charge on any atom is 0.417 e. The minimum absolute atomic E-state index is 0.187. The van der Waals surface area contributed by atoms with Crippen molar-refractivity contribution in [2.45, 2.75) is 12.4 Å². The van der Waals surface area contributed by atoms with Crippen LogP contribution in [0.5, 0.6) is 0 Å². The number of benzene rings is 2. The number of carbonyl (C=O) groups excluding carboxylic acids is 1. The molecule has 0 aliphatic heterocycles. The smallest absolute Gasteiger partial charge is 0.417 e. The third-order valence-corrected chi connectivity index (χ3v) is 4.39. The summed E-state index contributed by atoms with van der Waals surface area (Å²) >= 11 is 0. The lowest BCUT2D eigenvalue weighted by molar-refractivity contribution is -0.143. The number of amides is 1. The molecule has 3 rings (SSSR count). The lowest BCUT2D eigenvalue weighted by Gasteiger charge is -2.20. The number of nitrogens with one attached hydrogen (secondary N) is 1. The van der Waals surface area contributed by atoms with Gasteiger partial charge in [-0.25, -0.2) is 14.2 Å². The highest BCUT2D eigenvalue weighted by Crippen LogP contribution is 2.42. The zero-order valence-corrected chi connectivity index (χ0v) is 16.1. The highest BCUT2D eigenvalue weighted by atomic mass is 19.4. The summed E-state index contributed by atoms with van der Waals surface area (Å²) in [5.41, 5.74) is -6.26. The van der Waals surface area contributed by atoms with Crippen molar-refractivity contribution in [3.05, 3.63) is 82.9 Å². The van der Waals surface area contributed by atoms with Gasteiger partial charge in [-0.3, -0.25) is 4.79 Å². The van der Waals surface area contributed by atoms with Gasteiger partial charge in [0.25, 0.3) is 5.91 Å². The van der Waals surface area contributed by atoms with E-state index in [-0.39, 0.29) is 17.3 Å². The van der Waals surface area contributed by atoms with Crippen molar-refractivity contribution >= 4 is 17.6 Å². The number of hydrogen-bond donors (Lipinski definition) is 2. The molecule has 3 aromatic rings. The quantitative estimate of drug-likeness (QED) is 0.465. The van der Waals surface area contributed by atoms with E-state index in [1.165, 1.54) is 0 Å². The second kappa shape index (κ2) is 8.52. The number of carboxylic acids is 1. The van der Waals surface area contributed by atoms with Crippen LogP contribution in [0.2, 0.25) is 0 Å². The highest BCUT2D eigenvalue weighted by Gasteiger charge is 2.41. The molecule has 1 amide bonds. The first-order chi connectivity index (χ1) is 15.3. The van der Waals surface area contributed by atoms with E-state index in [2.05, 4.69) is 10.3 Å². The van der Waals surface area contributed by atoms with Crippen LogP contribution in [0.1, 0.15) is 32.0 Å². The molecule has 1 aromatic heterocycles. The lowest BCUT2D eigenvalue weighted by Crippen LogP contribution is -2.22. The first kappa shape index (κ1) is 23.7. The monoisotopic (exact) mass is 472 g/mol. The van der Waals surface area contributed by atoms with Crippen molar-refractivity contribution in [3.63, 3.8) is 0 Å². The molecule has 0 spiro atoms. The third-order valence-electron chi connectivity index (χ3n) is 4.39. The van der Waals surface area contributed by atoms with E-state index in [9.17, 15) is 40.3 Å². The number of anilines is 1. The zero-order chi connectivity index (χ0) is 24.6. The number of pyridine rings is 1. The number of aromatic nitrogens is 1. The van der Waals surface area contributed by atoms with Gasteiger partial charge in [0.1, 0.15) is 11.5 Å². The molecular formula is C21H11F7N2O3. The number of alkyl halides is 6. The number of halogens is 7. The first-order valence-corrected chi connectivity index (χ1v) is 8.86. The van der Waals surface area contributed by atoms with Crippen LogP contribution in [0.4, 0.5) is 36.4 Å². The van der Waals surface area contributed by atoms with Gasteiger partial charge in [-0.15, -0.1) is 0 Å². The Morgan fingerprint density at radius 1 is 0.879 bits per heavy atom. The minimum Gasteiger partial charge on any atom is -0.477 e. The Bertz CT molecular complexity index is 1200. The maximum absolute atomic E-state index is 13.7. The zero-order valence-electron chi connectivity index (χ0n) is 16.1. The van der Waals surface area contributed by atoms with Gasteiger partial charge in [0.2, 0.25) is 0 Å². The molecule has 0 saturated carbocycles. The Balaban J connectivity index is 2.21. The van der Waals surface area contributed by atoms with Crippen molar-refractivity contribution in [3.8, 4) is 11.1 Å². The van der Waals surface area contributed by atoms with E-state index >= 15 is 0 Å². The molecule has 1 heterocycles. The number of nitrogens with zero attached hydrogens (tertiary/aromatic N) is 1. The summed E-state index contributed by atoms with van der Waals surface area (Å²) in [6.45, 7) is 0. The molecule has 0 unspecified atom stereocenters. The fraction of sp³-hybridized carbons (Fsp3) is 0.0952. The van der Waals surface area contributed by atoms with Crippen molar-refractivity contribution in [2.24, 2.45) is 0 Å². The van der Waals surface area contributed by atoms with E-state index in [4.69, 9.17) is 5.11 Å². The van der Waals surface area contributed by atoms with Crippen LogP contribution in [0, 0.1) is 5.82 Å². The van der Waals surface area contributed by atoms with E-state index in [0.717, 1.165) is 42.6 Å². The van der Waals surface area contributed by atoms with Gasteiger partial charge in [0, 0.05) is 0 Å². The minimum atomic E-state index is -5.35. The van der Waals surface area contributed by atoms with Crippen LogP contribution < -0.4 is 5.32 Å². The molecule has 12 heteroatoms. The molecule has 0 fully saturated rings. The topological polar surface area (TPSA) is 79.3 Å². The summed E-state index contributed by atoms with van der Waals surface area (Å²) in [4.78, 5) is 27.2. The summed E-state index contributed by atoms with van der Waals surface area (Å²) in [5, 5.41) is 10.9. The number of rotatable bonds is 4. The summed E-state index contributed by atoms with van der Waals surface area (Å²) in [6.07, 6.45) is -9.66. The molecule has 0 bridgehead atoms. The third kappa shape index (κ3) is 5.27. The molecule has 172 valence electrons. The predicted molar refractivity (Wildman–Crippen MR) is 101 cm³/mol. The Morgan fingerprint density at radius 2 is 1.52 bits per heavy atom. The lowest BCUT2D eigenvalue weighted by atomic mass is 9.91. The molecule has 2 N–H and O–H groups in total. The second-order valence-corrected chi connectivity index (χ2v) is 6.64. The predicted octanol–water partition coefficient (Wildman–Crippen LogP) is 5.88. The van der Waals surface area contributed by atoms with Crippen molar-refractivity contribution < 1.29 is 45.4 Å². The summed E-state index contributed by atoms with van der Waals surface area (Å²) in [7, 11) is 0. The average molecular weight is 472 g/mol. The molecule has 0 aliphatic carbocycles. The van der Waals surface area contributed by atoms with Crippen molar-refractivity contribution in [1.82, 2.24) is 4.98 Å². The Hall–Kier alpha value is -3.96. The summed E-state index contributed by atoms with van der Waals surface area (Å²) < 4.78 is 94.4. The Morgan fingerprint density at radius 3 is 2.00 bits per heavy atom. The largest absolute Gasteiger partial charge is 0.477 e. The van der Waals surface area contributed by atoms with Gasteiger partial charge in [-0.05, 0) is 47.5 Å². The van der Waals surface area contributed by atoms with Gasteiger partial charge in [-0.2, -0.15) is 26.3 Å². The molecule has 0 atom stereocenters. The summed E-state index contributed by atoms with van der Waals surface area (Å²) in [5.74, 6) is -3.62. The average Bonchev–Trinajstić information content (AvgIpc) is 2.72. The molecule has 5 nitrogen and oxygen atoms in total. The molecule has 0 saturated heterocycles. The van der Waals surface area contributed by atoms with Crippen LogP contribution in [0.3, 0.4) is 0 Å². The maximum atomic E-state index is 13.7. The van der Waals surface area contributed by atoms with Crippen LogP contribution in [0.15, 0.2) is 54.7 Å². The Kier molecular flexibility index (Phi) is 6.12. The van der Waals surface area contributed by atoms with Crippen molar-refractivity contribution in [2.75, 3.05) is 5.32 Å². The fourth-order valence-electron chi connectivity index (χ4n) is 2.92. The van der Waals surface area contributed by atoms with Gasteiger partial charge in [0.05, 0.1) is 28.6 Å². The number of carbonyl (C=O) groups is 2. The van der Waals surface area contributed by atoms with Crippen LogP contribution >= 0.6 is 0 Å². The second-order valence-electron chi connectivity index (χ2n) is 6.64.